The number of anilines is 1. The molecule has 84 valence electrons. The Morgan fingerprint density at radius 1 is 1.38 bits per heavy atom. The molecular formula is C12H13FN2O. The number of hydrogen-bond acceptors (Lipinski definition) is 1. The average Bonchev–Trinajstić information content (AvgIpc) is 3.05. The molecular weight excluding hydrogens is 207 g/mol. The van der Waals surface area contributed by atoms with Gasteiger partial charge in [-0.15, -0.1) is 0 Å². The summed E-state index contributed by atoms with van der Waals surface area (Å²) in [6, 6.07) is 5.63. The summed E-state index contributed by atoms with van der Waals surface area (Å²) in [6.07, 6.45) is 5.93. The molecule has 0 unspecified atom stereocenters. The number of para-hydroxylation sites is 1. The number of amides is 2. The van der Waals surface area contributed by atoms with Crippen molar-refractivity contribution in [3.05, 3.63) is 42.4 Å². The van der Waals surface area contributed by atoms with Crippen molar-refractivity contribution in [2.45, 2.75) is 12.8 Å². The highest BCUT2D eigenvalue weighted by Crippen LogP contribution is 2.29. The lowest BCUT2D eigenvalue weighted by Crippen LogP contribution is -2.24. The zero-order valence-electron chi connectivity index (χ0n) is 8.74. The minimum absolute atomic E-state index is 0.180. The Kier molecular flexibility index (Phi) is 3.19. The van der Waals surface area contributed by atoms with Gasteiger partial charge in [0, 0.05) is 6.20 Å². The Labute approximate surface area is 93.4 Å². The summed E-state index contributed by atoms with van der Waals surface area (Å²) in [4.78, 5) is 11.3. The smallest absolute Gasteiger partial charge is 0.315 e. The first-order chi connectivity index (χ1) is 7.75. The van der Waals surface area contributed by atoms with Gasteiger partial charge in [0.15, 0.2) is 0 Å². The highest BCUT2D eigenvalue weighted by atomic mass is 19.1. The van der Waals surface area contributed by atoms with Crippen LogP contribution in [0.3, 0.4) is 0 Å². The van der Waals surface area contributed by atoms with Gasteiger partial charge < -0.3 is 10.6 Å². The molecule has 4 heteroatoms. The van der Waals surface area contributed by atoms with Gasteiger partial charge in [0.2, 0.25) is 0 Å². The lowest BCUT2D eigenvalue weighted by Gasteiger charge is -2.04. The molecule has 1 aromatic rings. The van der Waals surface area contributed by atoms with E-state index in [0.717, 1.165) is 0 Å². The van der Waals surface area contributed by atoms with Gasteiger partial charge in [-0.3, -0.25) is 0 Å². The number of halogens is 1. The standard InChI is InChI=1S/C12H13FN2O/c13-10-3-1-2-4-11(10)15-12(16)14-8-7-9-5-6-9/h1-4,7-9H,5-6H2,(H2,14,15,16)/b8-7+. The third-order valence-electron chi connectivity index (χ3n) is 2.33. The van der Waals surface area contributed by atoms with Crippen LogP contribution in [0.5, 0.6) is 0 Å². The highest BCUT2D eigenvalue weighted by Gasteiger charge is 2.17. The monoisotopic (exact) mass is 220 g/mol. The first kappa shape index (κ1) is 10.7. The van der Waals surface area contributed by atoms with E-state index in [-0.39, 0.29) is 5.69 Å². The van der Waals surface area contributed by atoms with E-state index in [1.165, 1.54) is 25.0 Å². The van der Waals surface area contributed by atoms with Gasteiger partial charge in [0.25, 0.3) is 0 Å². The van der Waals surface area contributed by atoms with E-state index < -0.39 is 11.8 Å². The molecule has 16 heavy (non-hydrogen) atoms. The van der Waals surface area contributed by atoms with Gasteiger partial charge in [-0.25, -0.2) is 9.18 Å². The molecule has 0 saturated heterocycles. The van der Waals surface area contributed by atoms with Gasteiger partial charge in [-0.1, -0.05) is 18.2 Å². The summed E-state index contributed by atoms with van der Waals surface area (Å²) in [7, 11) is 0. The fourth-order valence-corrected chi connectivity index (χ4v) is 1.27. The van der Waals surface area contributed by atoms with Crippen molar-refractivity contribution in [3.63, 3.8) is 0 Å². The lowest BCUT2D eigenvalue weighted by molar-refractivity contribution is 0.255. The predicted molar refractivity (Wildman–Crippen MR) is 60.4 cm³/mol. The molecule has 1 aromatic carbocycles. The maximum Gasteiger partial charge on any atom is 0.323 e. The van der Waals surface area contributed by atoms with Crippen LogP contribution < -0.4 is 10.6 Å². The highest BCUT2D eigenvalue weighted by molar-refractivity contribution is 5.89. The van der Waals surface area contributed by atoms with Crippen LogP contribution in [-0.4, -0.2) is 6.03 Å². The molecule has 0 aromatic heterocycles. The van der Waals surface area contributed by atoms with Gasteiger partial charge >= 0.3 is 6.03 Å². The molecule has 0 radical (unpaired) electrons. The maximum atomic E-state index is 13.1. The molecule has 1 fully saturated rings. The molecule has 0 atom stereocenters. The molecule has 3 nitrogen and oxygen atoms in total. The van der Waals surface area contributed by atoms with Crippen LogP contribution in [0, 0.1) is 11.7 Å². The van der Waals surface area contributed by atoms with Crippen LogP contribution >= 0.6 is 0 Å². The first-order valence-corrected chi connectivity index (χ1v) is 5.24. The summed E-state index contributed by atoms with van der Waals surface area (Å²) in [6.45, 7) is 0. The van der Waals surface area contributed by atoms with E-state index >= 15 is 0 Å². The number of nitrogens with one attached hydrogen (secondary N) is 2. The Balaban J connectivity index is 1.84. The first-order valence-electron chi connectivity index (χ1n) is 5.24. The second-order valence-corrected chi connectivity index (χ2v) is 3.77. The van der Waals surface area contributed by atoms with Crippen molar-refractivity contribution < 1.29 is 9.18 Å². The number of benzene rings is 1. The van der Waals surface area contributed by atoms with Crippen LogP contribution in [0.4, 0.5) is 14.9 Å². The SMILES string of the molecule is O=C(N/C=C/C1CC1)Nc1ccccc1F. The lowest BCUT2D eigenvalue weighted by atomic mass is 10.3. The van der Waals surface area contributed by atoms with Crippen molar-refractivity contribution in [1.29, 1.82) is 0 Å². The molecule has 2 rings (SSSR count). The maximum absolute atomic E-state index is 13.1. The number of urea groups is 1. The summed E-state index contributed by atoms with van der Waals surface area (Å²) in [5.74, 6) is 0.164. The van der Waals surface area contributed by atoms with Crippen molar-refractivity contribution in [2.24, 2.45) is 5.92 Å². The number of carbonyl (C=O) groups is 1. The second kappa shape index (κ2) is 4.79. The summed E-state index contributed by atoms with van der Waals surface area (Å²) in [5.41, 5.74) is 0.180. The molecule has 1 aliphatic rings. The van der Waals surface area contributed by atoms with Gasteiger partial charge in [-0.05, 0) is 30.9 Å². The normalized spacial score (nSPS) is 15.1. The molecule has 0 bridgehead atoms. The topological polar surface area (TPSA) is 41.1 Å². The van der Waals surface area contributed by atoms with E-state index in [0.29, 0.717) is 5.92 Å². The van der Waals surface area contributed by atoms with Crippen molar-refractivity contribution in [3.8, 4) is 0 Å². The van der Waals surface area contributed by atoms with Crippen LogP contribution in [0.25, 0.3) is 0 Å². The van der Waals surface area contributed by atoms with E-state index in [4.69, 9.17) is 0 Å². The fraction of sp³-hybridized carbons (Fsp3) is 0.250. The third-order valence-corrected chi connectivity index (χ3v) is 2.33. The summed E-state index contributed by atoms with van der Waals surface area (Å²) < 4.78 is 13.1. The number of hydrogen-bond donors (Lipinski definition) is 2. The number of carbonyl (C=O) groups excluding carboxylic acids is 1. The largest absolute Gasteiger partial charge is 0.323 e. The Hall–Kier alpha value is -1.84. The quantitative estimate of drug-likeness (QED) is 0.808. The minimum Gasteiger partial charge on any atom is -0.315 e. The Morgan fingerprint density at radius 3 is 2.81 bits per heavy atom. The van der Waals surface area contributed by atoms with E-state index in [1.54, 1.807) is 18.3 Å². The van der Waals surface area contributed by atoms with Crippen LogP contribution in [0.2, 0.25) is 0 Å². The molecule has 2 amide bonds. The minimum atomic E-state index is -0.441. The van der Waals surface area contributed by atoms with E-state index in [1.807, 2.05) is 6.08 Å². The van der Waals surface area contributed by atoms with Crippen LogP contribution in [0.15, 0.2) is 36.5 Å². The second-order valence-electron chi connectivity index (χ2n) is 3.77. The summed E-state index contributed by atoms with van der Waals surface area (Å²) >= 11 is 0. The van der Waals surface area contributed by atoms with Gasteiger partial charge in [0.1, 0.15) is 5.82 Å². The van der Waals surface area contributed by atoms with Gasteiger partial charge in [0.05, 0.1) is 5.69 Å². The van der Waals surface area contributed by atoms with Crippen LogP contribution in [0.1, 0.15) is 12.8 Å². The molecule has 1 aliphatic carbocycles. The number of allylic oxidation sites excluding steroid dienone is 1. The molecule has 0 heterocycles. The van der Waals surface area contributed by atoms with Crippen LogP contribution in [-0.2, 0) is 0 Å². The zero-order valence-corrected chi connectivity index (χ0v) is 8.74. The van der Waals surface area contributed by atoms with Crippen molar-refractivity contribution in [1.82, 2.24) is 5.32 Å². The van der Waals surface area contributed by atoms with Crippen molar-refractivity contribution in [2.75, 3.05) is 5.32 Å². The Morgan fingerprint density at radius 2 is 2.12 bits per heavy atom. The molecule has 0 spiro atoms. The average molecular weight is 220 g/mol. The van der Waals surface area contributed by atoms with Gasteiger partial charge in [-0.2, -0.15) is 0 Å². The van der Waals surface area contributed by atoms with Crippen molar-refractivity contribution >= 4 is 11.7 Å². The third kappa shape index (κ3) is 3.08. The van der Waals surface area contributed by atoms with E-state index in [2.05, 4.69) is 10.6 Å². The molecule has 1 saturated carbocycles. The molecule has 0 aliphatic heterocycles. The molecule has 2 N–H and O–H groups in total. The Bertz CT molecular complexity index is 413. The fourth-order valence-electron chi connectivity index (χ4n) is 1.27. The zero-order chi connectivity index (χ0) is 11.4. The predicted octanol–water partition coefficient (Wildman–Crippen LogP) is 2.87. The summed E-state index contributed by atoms with van der Waals surface area (Å²) in [5, 5.41) is 4.96. The van der Waals surface area contributed by atoms with E-state index in [9.17, 15) is 9.18 Å². The number of rotatable bonds is 3.